The molecule has 0 radical (unpaired) electrons. The maximum Gasteiger partial charge on any atom is 0.0544 e. The van der Waals surface area contributed by atoms with Gasteiger partial charge in [0.2, 0.25) is 0 Å². The van der Waals surface area contributed by atoms with E-state index in [-0.39, 0.29) is 0 Å². The highest BCUT2D eigenvalue weighted by atomic mass is 79.9. The molecule has 5 rings (SSSR count). The number of hydrogen-bond donors (Lipinski definition) is 1. The van der Waals surface area contributed by atoms with Gasteiger partial charge in [0.05, 0.1) is 11.2 Å². The Morgan fingerprint density at radius 3 is 2.04 bits per heavy atom. The number of aromatic nitrogens is 1. The van der Waals surface area contributed by atoms with Gasteiger partial charge in [-0.25, -0.2) is 0 Å². The van der Waals surface area contributed by atoms with Gasteiger partial charge < -0.3 is 4.98 Å². The summed E-state index contributed by atoms with van der Waals surface area (Å²) in [6.45, 7) is 4.00. The van der Waals surface area contributed by atoms with E-state index in [1.165, 1.54) is 44.1 Å². The van der Waals surface area contributed by atoms with Gasteiger partial charge in [-0.15, -0.1) is 0 Å². The molecule has 0 aliphatic rings. The molecule has 4 aromatic carbocycles. The monoisotopic (exact) mass is 427 g/mol. The van der Waals surface area contributed by atoms with Gasteiger partial charge >= 0.3 is 0 Å². The lowest BCUT2D eigenvalue weighted by molar-refractivity contribution is 1.46. The Morgan fingerprint density at radius 2 is 1.29 bits per heavy atom. The van der Waals surface area contributed by atoms with Crippen LogP contribution >= 0.6 is 15.9 Å². The molecular weight excluding hydrogens is 406 g/mol. The summed E-state index contributed by atoms with van der Waals surface area (Å²) in [6, 6.07) is 32.1. The van der Waals surface area contributed by atoms with Crippen LogP contribution in [0, 0.1) is 0 Å². The van der Waals surface area contributed by atoms with Crippen LogP contribution in [0.1, 0.15) is 13.8 Å². The third-order valence-corrected chi connectivity index (χ3v) is 5.42. The molecule has 0 atom stereocenters. The Bertz CT molecular complexity index is 1220. The van der Waals surface area contributed by atoms with E-state index in [4.69, 9.17) is 0 Å². The molecule has 0 saturated heterocycles. The van der Waals surface area contributed by atoms with Crippen molar-refractivity contribution in [3.8, 4) is 22.4 Å². The molecule has 0 bridgehead atoms. The van der Waals surface area contributed by atoms with E-state index in [1.807, 2.05) is 13.8 Å². The van der Waals surface area contributed by atoms with Crippen molar-refractivity contribution in [1.29, 1.82) is 0 Å². The van der Waals surface area contributed by atoms with Gasteiger partial charge in [0.1, 0.15) is 0 Å². The molecule has 0 saturated carbocycles. The molecule has 0 amide bonds. The van der Waals surface area contributed by atoms with Crippen molar-refractivity contribution in [2.75, 3.05) is 0 Å². The van der Waals surface area contributed by atoms with Crippen LogP contribution in [0.5, 0.6) is 0 Å². The highest BCUT2D eigenvalue weighted by Crippen LogP contribution is 2.40. The fraction of sp³-hybridized carbons (Fsp3) is 0.0769. The van der Waals surface area contributed by atoms with Gasteiger partial charge in [0.15, 0.2) is 0 Å². The Kier molecular flexibility index (Phi) is 5.31. The maximum absolute atomic E-state index is 3.72. The molecule has 0 aliphatic carbocycles. The van der Waals surface area contributed by atoms with Gasteiger partial charge in [-0.2, -0.15) is 0 Å². The summed E-state index contributed by atoms with van der Waals surface area (Å²) in [4.78, 5) is 3.72. The van der Waals surface area contributed by atoms with E-state index in [9.17, 15) is 0 Å². The number of halogens is 1. The predicted octanol–water partition coefficient (Wildman–Crippen LogP) is 8.44. The molecule has 2 heteroatoms. The van der Waals surface area contributed by atoms with Crippen LogP contribution in [0.15, 0.2) is 95.5 Å². The van der Waals surface area contributed by atoms with E-state index in [0.29, 0.717) is 0 Å². The number of aromatic amines is 1. The summed E-state index contributed by atoms with van der Waals surface area (Å²) in [6.07, 6.45) is 0. The molecule has 28 heavy (non-hydrogen) atoms. The van der Waals surface area contributed by atoms with Gasteiger partial charge in [-0.05, 0) is 28.6 Å². The molecule has 0 fully saturated rings. The van der Waals surface area contributed by atoms with E-state index >= 15 is 0 Å². The second kappa shape index (κ2) is 8.04. The second-order valence-electron chi connectivity index (χ2n) is 6.46. The third kappa shape index (κ3) is 3.25. The average molecular weight is 428 g/mol. The number of rotatable bonds is 2. The van der Waals surface area contributed by atoms with Gasteiger partial charge in [-0.1, -0.05) is 109 Å². The molecule has 1 aromatic heterocycles. The van der Waals surface area contributed by atoms with Crippen LogP contribution in [-0.2, 0) is 0 Å². The first-order valence-corrected chi connectivity index (χ1v) is 10.5. The molecule has 138 valence electrons. The molecule has 0 aliphatic heterocycles. The first-order chi connectivity index (χ1) is 13.8. The largest absolute Gasteiger partial charge is 0.353 e. The summed E-state index contributed by atoms with van der Waals surface area (Å²) in [5, 5.41) is 3.76. The standard InChI is InChI=1S/C24H16BrN.C2H6/c25-19-13-10-17(11-14-19)22-21-15-12-16-6-4-5-9-20(16)24(21)26-23(22)18-7-2-1-3-8-18;1-2/h1-15,26H;1-2H3. The van der Waals surface area contributed by atoms with E-state index in [2.05, 4.69) is 112 Å². The number of benzene rings is 4. The average Bonchev–Trinajstić information content (AvgIpc) is 3.16. The highest BCUT2D eigenvalue weighted by molar-refractivity contribution is 9.10. The quantitative estimate of drug-likeness (QED) is 0.290. The second-order valence-corrected chi connectivity index (χ2v) is 7.37. The molecular formula is C26H22BrN. The van der Waals surface area contributed by atoms with Crippen molar-refractivity contribution >= 4 is 37.6 Å². The molecule has 1 heterocycles. The van der Waals surface area contributed by atoms with Crippen molar-refractivity contribution in [3.63, 3.8) is 0 Å². The fourth-order valence-electron chi connectivity index (χ4n) is 3.67. The Labute approximate surface area is 174 Å². The maximum atomic E-state index is 3.72. The lowest BCUT2D eigenvalue weighted by atomic mass is 9.97. The van der Waals surface area contributed by atoms with Crippen LogP contribution in [0.4, 0.5) is 0 Å². The molecule has 0 unspecified atom stereocenters. The van der Waals surface area contributed by atoms with E-state index < -0.39 is 0 Å². The van der Waals surface area contributed by atoms with Crippen molar-refractivity contribution in [2.45, 2.75) is 13.8 Å². The number of hydrogen-bond acceptors (Lipinski definition) is 0. The van der Waals surface area contributed by atoms with Gasteiger partial charge in [-0.3, -0.25) is 0 Å². The zero-order chi connectivity index (χ0) is 19.5. The molecule has 1 N–H and O–H groups in total. The molecule has 5 aromatic rings. The lowest BCUT2D eigenvalue weighted by Crippen LogP contribution is -1.82. The normalized spacial score (nSPS) is 10.7. The lowest BCUT2D eigenvalue weighted by Gasteiger charge is -2.06. The first kappa shape index (κ1) is 18.5. The van der Waals surface area contributed by atoms with Crippen LogP contribution in [0.25, 0.3) is 44.1 Å². The van der Waals surface area contributed by atoms with Crippen molar-refractivity contribution in [2.24, 2.45) is 0 Å². The fourth-order valence-corrected chi connectivity index (χ4v) is 3.94. The topological polar surface area (TPSA) is 15.8 Å². The summed E-state index contributed by atoms with van der Waals surface area (Å²) >= 11 is 3.55. The van der Waals surface area contributed by atoms with Crippen LogP contribution in [-0.4, -0.2) is 4.98 Å². The highest BCUT2D eigenvalue weighted by Gasteiger charge is 2.16. The Morgan fingerprint density at radius 1 is 0.607 bits per heavy atom. The predicted molar refractivity (Wildman–Crippen MR) is 126 cm³/mol. The van der Waals surface area contributed by atoms with Crippen LogP contribution in [0.2, 0.25) is 0 Å². The zero-order valence-corrected chi connectivity index (χ0v) is 17.6. The van der Waals surface area contributed by atoms with Crippen molar-refractivity contribution in [1.82, 2.24) is 4.98 Å². The summed E-state index contributed by atoms with van der Waals surface area (Å²) < 4.78 is 1.09. The van der Waals surface area contributed by atoms with Gasteiger partial charge in [0, 0.05) is 20.8 Å². The summed E-state index contributed by atoms with van der Waals surface area (Å²) in [5.41, 5.74) is 6.03. The molecule has 0 spiro atoms. The van der Waals surface area contributed by atoms with Gasteiger partial charge in [0.25, 0.3) is 0 Å². The van der Waals surface area contributed by atoms with Crippen LogP contribution < -0.4 is 0 Å². The first-order valence-electron chi connectivity index (χ1n) is 9.66. The van der Waals surface area contributed by atoms with Crippen molar-refractivity contribution in [3.05, 3.63) is 95.5 Å². The Balaban J connectivity index is 0.000000932. The Hall–Kier alpha value is -2.84. The van der Waals surface area contributed by atoms with E-state index in [0.717, 1.165) is 4.47 Å². The third-order valence-electron chi connectivity index (χ3n) is 4.89. The SMILES string of the molecule is Brc1ccc(-c2c(-c3ccccc3)[nH]c3c2ccc2ccccc23)cc1.CC. The number of nitrogens with one attached hydrogen (secondary N) is 1. The minimum Gasteiger partial charge on any atom is -0.353 e. The minimum atomic E-state index is 1.09. The van der Waals surface area contributed by atoms with Crippen molar-refractivity contribution < 1.29 is 0 Å². The smallest absolute Gasteiger partial charge is 0.0544 e. The summed E-state index contributed by atoms with van der Waals surface area (Å²) in [7, 11) is 0. The minimum absolute atomic E-state index is 1.09. The summed E-state index contributed by atoms with van der Waals surface area (Å²) in [5.74, 6) is 0. The number of fused-ring (bicyclic) bond motifs is 3. The van der Waals surface area contributed by atoms with E-state index in [1.54, 1.807) is 0 Å². The van der Waals surface area contributed by atoms with Crippen LogP contribution in [0.3, 0.4) is 0 Å². The zero-order valence-electron chi connectivity index (χ0n) is 16.0. The molecule has 1 nitrogen and oxygen atoms in total. The number of H-pyrrole nitrogens is 1.